The second kappa shape index (κ2) is 12.4. The van der Waals surface area contributed by atoms with Gasteiger partial charge in [0.05, 0.1) is 5.69 Å². The SMILES string of the molecule is O=Cc1cccc(N(CCC2CCCCC2)c2nc(-c3cc(Cl)ccc3OCc3ccccc3)cs2)c1. The number of anilines is 2. The summed E-state index contributed by atoms with van der Waals surface area (Å²) in [7, 11) is 0. The van der Waals surface area contributed by atoms with Crippen molar-refractivity contribution in [1.82, 2.24) is 4.98 Å². The molecule has 1 aliphatic rings. The molecular weight excluding hydrogens is 500 g/mol. The van der Waals surface area contributed by atoms with Crippen LogP contribution in [0.1, 0.15) is 54.4 Å². The smallest absolute Gasteiger partial charge is 0.190 e. The Kier molecular flexibility index (Phi) is 8.54. The fraction of sp³-hybridized carbons (Fsp3) is 0.290. The van der Waals surface area contributed by atoms with Gasteiger partial charge in [-0.05, 0) is 48.2 Å². The van der Waals surface area contributed by atoms with Crippen LogP contribution < -0.4 is 9.64 Å². The van der Waals surface area contributed by atoms with Crippen molar-refractivity contribution >= 4 is 40.0 Å². The summed E-state index contributed by atoms with van der Waals surface area (Å²) in [5, 5.41) is 3.61. The molecule has 1 aliphatic carbocycles. The maximum atomic E-state index is 11.5. The van der Waals surface area contributed by atoms with Crippen molar-refractivity contribution in [3.05, 3.63) is 94.3 Å². The number of nitrogens with zero attached hydrogens (tertiary/aromatic N) is 2. The van der Waals surface area contributed by atoms with Gasteiger partial charge in [0.2, 0.25) is 0 Å². The van der Waals surface area contributed by atoms with Crippen LogP contribution in [-0.4, -0.2) is 17.8 Å². The molecule has 0 radical (unpaired) electrons. The van der Waals surface area contributed by atoms with Crippen molar-refractivity contribution in [3.8, 4) is 17.0 Å². The lowest BCUT2D eigenvalue weighted by Gasteiger charge is -2.27. The highest BCUT2D eigenvalue weighted by Crippen LogP contribution is 2.38. The monoisotopic (exact) mass is 530 g/mol. The largest absolute Gasteiger partial charge is 0.488 e. The van der Waals surface area contributed by atoms with Gasteiger partial charge >= 0.3 is 0 Å². The third-order valence-corrected chi connectivity index (χ3v) is 8.08. The van der Waals surface area contributed by atoms with Gasteiger partial charge in [0.15, 0.2) is 5.13 Å². The molecule has 1 saturated carbocycles. The number of benzene rings is 3. The fourth-order valence-corrected chi connectivity index (χ4v) is 6.01. The van der Waals surface area contributed by atoms with Gasteiger partial charge in [-0.3, -0.25) is 4.79 Å². The third kappa shape index (κ3) is 6.60. The predicted molar refractivity (Wildman–Crippen MR) is 153 cm³/mol. The molecule has 0 N–H and O–H groups in total. The van der Waals surface area contributed by atoms with E-state index < -0.39 is 0 Å². The number of hydrogen-bond acceptors (Lipinski definition) is 5. The van der Waals surface area contributed by atoms with Crippen molar-refractivity contribution in [3.63, 3.8) is 0 Å². The van der Waals surface area contributed by atoms with Crippen LogP contribution in [-0.2, 0) is 6.61 Å². The minimum atomic E-state index is 0.471. The highest BCUT2D eigenvalue weighted by atomic mass is 35.5. The van der Waals surface area contributed by atoms with E-state index in [0.717, 1.165) is 58.6 Å². The summed E-state index contributed by atoms with van der Waals surface area (Å²) in [5.74, 6) is 1.50. The lowest BCUT2D eigenvalue weighted by molar-refractivity contribution is 0.112. The minimum absolute atomic E-state index is 0.471. The van der Waals surface area contributed by atoms with Crippen LogP contribution in [0.15, 0.2) is 78.2 Å². The zero-order valence-electron chi connectivity index (χ0n) is 20.8. The number of aromatic nitrogens is 1. The Morgan fingerprint density at radius 2 is 1.84 bits per heavy atom. The van der Waals surface area contributed by atoms with Gasteiger partial charge in [0, 0.05) is 33.8 Å². The fourth-order valence-electron chi connectivity index (χ4n) is 4.96. The first-order chi connectivity index (χ1) is 18.2. The van der Waals surface area contributed by atoms with Gasteiger partial charge in [-0.1, -0.05) is 86.2 Å². The quantitative estimate of drug-likeness (QED) is 0.192. The summed E-state index contributed by atoms with van der Waals surface area (Å²) >= 11 is 8.00. The Morgan fingerprint density at radius 1 is 1.00 bits per heavy atom. The van der Waals surface area contributed by atoms with Gasteiger partial charge in [-0.2, -0.15) is 0 Å². The Labute approximate surface area is 227 Å². The normalized spacial score (nSPS) is 13.9. The van der Waals surface area contributed by atoms with E-state index in [9.17, 15) is 4.79 Å². The van der Waals surface area contributed by atoms with Crippen LogP contribution in [0.4, 0.5) is 10.8 Å². The number of hydrogen-bond donors (Lipinski definition) is 0. The molecule has 3 aromatic carbocycles. The summed E-state index contributed by atoms with van der Waals surface area (Å²) in [4.78, 5) is 18.8. The van der Waals surface area contributed by atoms with Gasteiger partial charge in [0.1, 0.15) is 18.6 Å². The summed E-state index contributed by atoms with van der Waals surface area (Å²) in [6, 6.07) is 23.6. The average Bonchev–Trinajstić information content (AvgIpc) is 3.43. The molecule has 1 heterocycles. The van der Waals surface area contributed by atoms with Crippen LogP contribution in [0.2, 0.25) is 5.02 Å². The molecule has 1 aromatic heterocycles. The average molecular weight is 531 g/mol. The minimum Gasteiger partial charge on any atom is -0.488 e. The number of carbonyl (C=O) groups excluding carboxylic acids is 1. The van der Waals surface area contributed by atoms with E-state index in [0.29, 0.717) is 17.2 Å². The molecule has 37 heavy (non-hydrogen) atoms. The molecule has 0 bridgehead atoms. The van der Waals surface area contributed by atoms with E-state index in [-0.39, 0.29) is 0 Å². The molecule has 1 fully saturated rings. The van der Waals surface area contributed by atoms with Crippen LogP contribution in [0.5, 0.6) is 5.75 Å². The zero-order chi connectivity index (χ0) is 25.5. The molecular formula is C31H31ClN2O2S. The second-order valence-electron chi connectivity index (χ2n) is 9.59. The first kappa shape index (κ1) is 25.5. The molecule has 6 heteroatoms. The summed E-state index contributed by atoms with van der Waals surface area (Å²) in [6.07, 6.45) is 8.62. The van der Waals surface area contributed by atoms with Crippen LogP contribution in [0.3, 0.4) is 0 Å². The number of halogens is 1. The molecule has 0 spiro atoms. The van der Waals surface area contributed by atoms with E-state index in [2.05, 4.69) is 16.3 Å². The van der Waals surface area contributed by atoms with Crippen LogP contribution in [0.25, 0.3) is 11.3 Å². The number of aldehydes is 1. The molecule has 0 amide bonds. The highest BCUT2D eigenvalue weighted by molar-refractivity contribution is 7.14. The van der Waals surface area contributed by atoms with E-state index in [4.69, 9.17) is 21.3 Å². The van der Waals surface area contributed by atoms with Crippen LogP contribution >= 0.6 is 22.9 Å². The first-order valence-corrected chi connectivity index (χ1v) is 14.2. The maximum absolute atomic E-state index is 11.5. The van der Waals surface area contributed by atoms with Crippen LogP contribution in [0, 0.1) is 5.92 Å². The van der Waals surface area contributed by atoms with Crippen molar-refractivity contribution in [1.29, 1.82) is 0 Å². The Hall–Kier alpha value is -3.15. The lowest BCUT2D eigenvalue weighted by atomic mass is 9.87. The van der Waals surface area contributed by atoms with Crippen molar-refractivity contribution < 1.29 is 9.53 Å². The van der Waals surface area contributed by atoms with E-state index >= 15 is 0 Å². The Bertz CT molecular complexity index is 1320. The maximum Gasteiger partial charge on any atom is 0.190 e. The lowest BCUT2D eigenvalue weighted by Crippen LogP contribution is -2.22. The van der Waals surface area contributed by atoms with Crippen molar-refractivity contribution in [2.45, 2.75) is 45.1 Å². The zero-order valence-corrected chi connectivity index (χ0v) is 22.4. The van der Waals surface area contributed by atoms with Crippen molar-refractivity contribution in [2.24, 2.45) is 5.92 Å². The van der Waals surface area contributed by atoms with E-state index in [1.54, 1.807) is 11.3 Å². The molecule has 5 rings (SSSR count). The van der Waals surface area contributed by atoms with E-state index in [1.807, 2.05) is 66.7 Å². The molecule has 0 aliphatic heterocycles. The molecule has 4 aromatic rings. The molecule has 0 saturated heterocycles. The standard InChI is InChI=1S/C31H31ClN2O2S/c32-26-14-15-30(36-21-24-10-5-2-6-11-24)28(19-26)29-22-37-31(33-29)34(17-16-23-8-3-1-4-9-23)27-13-7-12-25(18-27)20-35/h2,5-7,10-15,18-20,22-23H,1,3-4,8-9,16-17,21H2. The summed E-state index contributed by atoms with van der Waals surface area (Å²) in [6.45, 7) is 1.34. The molecule has 190 valence electrons. The van der Waals surface area contributed by atoms with Gasteiger partial charge in [-0.25, -0.2) is 4.98 Å². The van der Waals surface area contributed by atoms with Gasteiger partial charge < -0.3 is 9.64 Å². The van der Waals surface area contributed by atoms with E-state index in [1.165, 1.54) is 32.1 Å². The highest BCUT2D eigenvalue weighted by Gasteiger charge is 2.20. The number of ether oxygens (including phenoxy) is 1. The first-order valence-electron chi connectivity index (χ1n) is 12.9. The second-order valence-corrected chi connectivity index (χ2v) is 10.9. The Balaban J connectivity index is 1.42. The van der Waals surface area contributed by atoms with Gasteiger partial charge in [0.25, 0.3) is 0 Å². The number of rotatable bonds is 10. The topological polar surface area (TPSA) is 42.4 Å². The Morgan fingerprint density at radius 3 is 2.65 bits per heavy atom. The molecule has 0 unspecified atom stereocenters. The summed E-state index contributed by atoms with van der Waals surface area (Å²) in [5.41, 5.74) is 4.47. The number of carbonyl (C=O) groups is 1. The molecule has 0 atom stereocenters. The van der Waals surface area contributed by atoms with Gasteiger partial charge in [-0.15, -0.1) is 11.3 Å². The predicted octanol–water partition coefficient (Wildman–Crippen LogP) is 8.96. The van der Waals surface area contributed by atoms with Crippen molar-refractivity contribution in [2.75, 3.05) is 11.4 Å². The summed E-state index contributed by atoms with van der Waals surface area (Å²) < 4.78 is 6.20. The third-order valence-electron chi connectivity index (χ3n) is 6.98. The molecule has 4 nitrogen and oxygen atoms in total. The number of thiazole rings is 1.